The molecule has 11 heavy (non-hydrogen) atoms. The maximum absolute atomic E-state index is 10.7. The van der Waals surface area contributed by atoms with Crippen molar-refractivity contribution in [3.63, 3.8) is 0 Å². The fourth-order valence-electron chi connectivity index (χ4n) is 0.432. The van der Waals surface area contributed by atoms with Crippen molar-refractivity contribution in [1.29, 1.82) is 0 Å². The first-order chi connectivity index (χ1) is 4.68. The molecule has 0 amide bonds. The molecule has 0 radical (unpaired) electrons. The van der Waals surface area contributed by atoms with Crippen LogP contribution in [0.15, 0.2) is 12.2 Å². The summed E-state index contributed by atoms with van der Waals surface area (Å²) in [5.74, 6) is -0.284. The molecule has 0 spiro atoms. The van der Waals surface area contributed by atoms with Gasteiger partial charge >= 0.3 is 29.9 Å². The van der Waals surface area contributed by atoms with Crippen LogP contribution < -0.4 is 0 Å². The van der Waals surface area contributed by atoms with Gasteiger partial charge < -0.3 is 4.74 Å². The van der Waals surface area contributed by atoms with Gasteiger partial charge in [-0.3, -0.25) is 0 Å². The average Bonchev–Trinajstić information content (AvgIpc) is 1.88. The molecule has 0 aliphatic carbocycles. The van der Waals surface area contributed by atoms with E-state index in [1.54, 1.807) is 6.92 Å². The standard InChI is InChI=1S/C8H14O2.Sn.4H/c1-4-5-6-10-8(9)7(2)3;;;;;/h2,4-6H2,1,3H3;;;;;. The van der Waals surface area contributed by atoms with Gasteiger partial charge in [-0.15, -0.1) is 0 Å². The van der Waals surface area contributed by atoms with E-state index in [-0.39, 0.29) is 29.9 Å². The van der Waals surface area contributed by atoms with Crippen LogP contribution >= 0.6 is 0 Å². The number of ether oxygens (including phenoxy) is 1. The van der Waals surface area contributed by atoms with Crippen molar-refractivity contribution in [1.82, 2.24) is 0 Å². The van der Waals surface area contributed by atoms with Crippen molar-refractivity contribution in [3.8, 4) is 0 Å². The Labute approximate surface area is 85.0 Å². The Morgan fingerprint density at radius 2 is 2.09 bits per heavy atom. The molecule has 0 atom stereocenters. The van der Waals surface area contributed by atoms with Gasteiger partial charge in [0, 0.05) is 5.57 Å². The van der Waals surface area contributed by atoms with Crippen LogP contribution in [0.1, 0.15) is 26.7 Å². The quantitative estimate of drug-likeness (QED) is 0.319. The normalized spacial score (nSPS) is 8.18. The monoisotopic (exact) mass is 266 g/mol. The van der Waals surface area contributed by atoms with E-state index in [1.807, 2.05) is 0 Å². The number of esters is 1. The zero-order valence-corrected chi connectivity index (χ0v) is 6.64. The van der Waals surface area contributed by atoms with Crippen molar-refractivity contribution >= 4 is 29.9 Å². The second-order valence-electron chi connectivity index (χ2n) is 2.27. The number of rotatable bonds is 4. The molecule has 0 fully saturated rings. The summed E-state index contributed by atoms with van der Waals surface area (Å²) in [6.07, 6.45) is 1.97. The van der Waals surface area contributed by atoms with Gasteiger partial charge in [0.1, 0.15) is 0 Å². The van der Waals surface area contributed by atoms with Crippen LogP contribution in [0.25, 0.3) is 0 Å². The van der Waals surface area contributed by atoms with Crippen LogP contribution in [-0.4, -0.2) is 36.5 Å². The Morgan fingerprint density at radius 3 is 2.45 bits per heavy atom. The van der Waals surface area contributed by atoms with E-state index in [0.717, 1.165) is 12.8 Å². The first-order valence-electron chi connectivity index (χ1n) is 3.51. The third-order valence-corrected chi connectivity index (χ3v) is 1.08. The molecular formula is C8H18O2Sn. The zero-order chi connectivity index (χ0) is 7.98. The fraction of sp³-hybridized carbons (Fsp3) is 0.625. The van der Waals surface area contributed by atoms with Gasteiger partial charge in [0.05, 0.1) is 6.61 Å². The van der Waals surface area contributed by atoms with Gasteiger partial charge in [-0.1, -0.05) is 19.9 Å². The molecule has 0 aromatic rings. The summed E-state index contributed by atoms with van der Waals surface area (Å²) in [5.41, 5.74) is 0.469. The second-order valence-corrected chi connectivity index (χ2v) is 2.27. The molecule has 0 aromatic heterocycles. The van der Waals surface area contributed by atoms with Crippen LogP contribution in [0.3, 0.4) is 0 Å². The Balaban J connectivity index is 0. The number of carbonyl (C=O) groups excluding carboxylic acids is 1. The Bertz CT molecular complexity index is 132. The third-order valence-electron chi connectivity index (χ3n) is 1.08. The van der Waals surface area contributed by atoms with Crippen molar-refractivity contribution in [2.75, 3.05) is 6.61 Å². The molecule has 0 aromatic carbocycles. The van der Waals surface area contributed by atoms with Gasteiger partial charge in [-0.25, -0.2) is 4.79 Å². The van der Waals surface area contributed by atoms with Crippen LogP contribution in [0.4, 0.5) is 0 Å². The van der Waals surface area contributed by atoms with Crippen LogP contribution in [0.5, 0.6) is 0 Å². The second kappa shape index (κ2) is 8.11. The molecule has 0 rings (SSSR count). The van der Waals surface area contributed by atoms with Crippen molar-refractivity contribution in [2.45, 2.75) is 26.7 Å². The van der Waals surface area contributed by atoms with Gasteiger partial charge in [-0.2, -0.15) is 0 Å². The predicted octanol–water partition coefficient (Wildman–Crippen LogP) is 0.454. The molecule has 0 saturated carbocycles. The number of carbonyl (C=O) groups is 1. The molecule has 0 N–H and O–H groups in total. The first-order valence-corrected chi connectivity index (χ1v) is 3.51. The summed E-state index contributed by atoms with van der Waals surface area (Å²) in [6, 6.07) is 0. The van der Waals surface area contributed by atoms with Gasteiger partial charge in [0.25, 0.3) is 0 Å². The van der Waals surface area contributed by atoms with Crippen molar-refractivity contribution in [3.05, 3.63) is 12.2 Å². The van der Waals surface area contributed by atoms with E-state index in [2.05, 4.69) is 13.5 Å². The predicted molar refractivity (Wildman–Crippen MR) is 52.0 cm³/mol. The van der Waals surface area contributed by atoms with Gasteiger partial charge in [0.2, 0.25) is 0 Å². The van der Waals surface area contributed by atoms with Crippen molar-refractivity contribution in [2.24, 2.45) is 0 Å². The average molecular weight is 265 g/mol. The Hall–Kier alpha value is 0.00870. The summed E-state index contributed by atoms with van der Waals surface area (Å²) >= 11 is 0. The molecule has 0 saturated heterocycles. The first kappa shape index (κ1) is 13.6. The third kappa shape index (κ3) is 7.91. The molecule has 0 aliphatic heterocycles. The molecule has 0 bridgehead atoms. The molecular weight excluding hydrogens is 247 g/mol. The van der Waals surface area contributed by atoms with E-state index in [4.69, 9.17) is 4.74 Å². The Kier molecular flexibility index (Phi) is 10.0. The topological polar surface area (TPSA) is 26.3 Å². The fourth-order valence-corrected chi connectivity index (χ4v) is 0.432. The van der Waals surface area contributed by atoms with Gasteiger partial charge in [0.15, 0.2) is 0 Å². The minimum atomic E-state index is -0.284. The van der Waals surface area contributed by atoms with E-state index in [9.17, 15) is 4.79 Å². The summed E-state index contributed by atoms with van der Waals surface area (Å²) < 4.78 is 4.81. The molecule has 0 aliphatic rings. The van der Waals surface area contributed by atoms with E-state index in [0.29, 0.717) is 12.2 Å². The van der Waals surface area contributed by atoms with Crippen LogP contribution in [-0.2, 0) is 9.53 Å². The summed E-state index contributed by atoms with van der Waals surface area (Å²) in [6.45, 7) is 7.67. The summed E-state index contributed by atoms with van der Waals surface area (Å²) in [5, 5.41) is 0. The molecule has 3 heteroatoms. The summed E-state index contributed by atoms with van der Waals surface area (Å²) in [7, 11) is 0. The van der Waals surface area contributed by atoms with E-state index in [1.165, 1.54) is 0 Å². The van der Waals surface area contributed by atoms with E-state index < -0.39 is 0 Å². The number of hydrogen-bond acceptors (Lipinski definition) is 2. The number of hydrogen-bond donors (Lipinski definition) is 0. The zero-order valence-electron chi connectivity index (χ0n) is 6.64. The maximum atomic E-state index is 10.7. The minimum absolute atomic E-state index is 0. The molecule has 2 nitrogen and oxygen atoms in total. The van der Waals surface area contributed by atoms with Crippen molar-refractivity contribution < 1.29 is 9.53 Å². The summed E-state index contributed by atoms with van der Waals surface area (Å²) in [4.78, 5) is 10.7. The van der Waals surface area contributed by atoms with Gasteiger partial charge in [-0.05, 0) is 13.3 Å². The van der Waals surface area contributed by atoms with Crippen LogP contribution in [0, 0.1) is 0 Å². The molecule has 0 unspecified atom stereocenters. The SMILES string of the molecule is C=C(C)C(=O)OCCCC.[SnH4]. The molecule has 0 heterocycles. The Morgan fingerprint density at radius 1 is 1.55 bits per heavy atom. The van der Waals surface area contributed by atoms with Crippen LogP contribution in [0.2, 0.25) is 0 Å². The number of unbranched alkanes of at least 4 members (excludes halogenated alkanes) is 1. The van der Waals surface area contributed by atoms with E-state index >= 15 is 0 Å². The molecule has 66 valence electrons.